The molecule has 0 unspecified atom stereocenters. The quantitative estimate of drug-likeness (QED) is 0.801. The van der Waals surface area contributed by atoms with Crippen molar-refractivity contribution in [3.05, 3.63) is 58.6 Å². The summed E-state index contributed by atoms with van der Waals surface area (Å²) in [5.41, 5.74) is 2.24. The Hall–Kier alpha value is -3.24. The maximum Gasteiger partial charge on any atom is 0.337 e. The molecule has 1 N–H and O–H groups in total. The number of nitrogens with zero attached hydrogens (tertiary/aromatic N) is 3. The van der Waals surface area contributed by atoms with E-state index in [1.54, 1.807) is 17.0 Å². The first-order valence-corrected chi connectivity index (χ1v) is 9.08. The third-order valence-corrected chi connectivity index (χ3v) is 4.87. The van der Waals surface area contributed by atoms with Gasteiger partial charge in [-0.2, -0.15) is 5.26 Å². The van der Waals surface area contributed by atoms with E-state index in [1.165, 1.54) is 19.2 Å². The summed E-state index contributed by atoms with van der Waals surface area (Å²) >= 11 is 6.14. The Morgan fingerprint density at radius 1 is 1.14 bits per heavy atom. The van der Waals surface area contributed by atoms with Gasteiger partial charge in [0.2, 0.25) is 0 Å². The van der Waals surface area contributed by atoms with Crippen LogP contribution in [0.5, 0.6) is 0 Å². The smallest absolute Gasteiger partial charge is 0.337 e. The second-order valence-corrected chi connectivity index (χ2v) is 6.66. The molecule has 7 nitrogen and oxygen atoms in total. The van der Waals surface area contributed by atoms with Crippen LogP contribution in [0.25, 0.3) is 0 Å². The Kier molecular flexibility index (Phi) is 6.02. The van der Waals surface area contributed by atoms with Crippen molar-refractivity contribution in [1.29, 1.82) is 5.26 Å². The molecule has 0 saturated carbocycles. The van der Waals surface area contributed by atoms with Gasteiger partial charge >= 0.3 is 12.0 Å². The van der Waals surface area contributed by atoms with Crippen LogP contribution in [0.2, 0.25) is 5.02 Å². The number of esters is 1. The number of benzene rings is 2. The van der Waals surface area contributed by atoms with Gasteiger partial charge in [-0.3, -0.25) is 0 Å². The van der Waals surface area contributed by atoms with Gasteiger partial charge in [0.05, 0.1) is 35.0 Å². The summed E-state index contributed by atoms with van der Waals surface area (Å²) in [5, 5.41) is 12.1. The number of nitriles is 1. The summed E-state index contributed by atoms with van der Waals surface area (Å²) in [6.07, 6.45) is 0. The number of piperazine rings is 1. The molecule has 144 valence electrons. The maximum absolute atomic E-state index is 12.6. The van der Waals surface area contributed by atoms with Gasteiger partial charge in [0.1, 0.15) is 0 Å². The third kappa shape index (κ3) is 4.35. The Bertz CT molecular complexity index is 933. The van der Waals surface area contributed by atoms with E-state index in [1.807, 2.05) is 18.2 Å². The summed E-state index contributed by atoms with van der Waals surface area (Å²) in [4.78, 5) is 28.1. The van der Waals surface area contributed by atoms with Crippen LogP contribution >= 0.6 is 11.6 Å². The van der Waals surface area contributed by atoms with Gasteiger partial charge in [0.15, 0.2) is 0 Å². The van der Waals surface area contributed by atoms with E-state index >= 15 is 0 Å². The van der Waals surface area contributed by atoms with Gasteiger partial charge in [0, 0.05) is 31.9 Å². The van der Waals surface area contributed by atoms with Crippen LogP contribution in [0.3, 0.4) is 0 Å². The molecule has 2 aromatic carbocycles. The van der Waals surface area contributed by atoms with Crippen LogP contribution in [0.4, 0.5) is 16.2 Å². The molecule has 3 rings (SSSR count). The minimum absolute atomic E-state index is 0.283. The fourth-order valence-electron chi connectivity index (χ4n) is 3.00. The van der Waals surface area contributed by atoms with Gasteiger partial charge in [-0.25, -0.2) is 9.59 Å². The van der Waals surface area contributed by atoms with Crippen molar-refractivity contribution in [2.45, 2.75) is 0 Å². The number of carbonyl (C=O) groups excluding carboxylic acids is 2. The van der Waals surface area contributed by atoms with E-state index < -0.39 is 5.97 Å². The number of nitrogens with one attached hydrogen (secondary N) is 1. The molecule has 8 heteroatoms. The molecule has 2 aromatic rings. The average molecular weight is 399 g/mol. The van der Waals surface area contributed by atoms with Crippen LogP contribution in [-0.4, -0.2) is 50.2 Å². The first kappa shape index (κ1) is 19.5. The zero-order valence-corrected chi connectivity index (χ0v) is 16.1. The molecule has 1 aliphatic rings. The van der Waals surface area contributed by atoms with Gasteiger partial charge < -0.3 is 19.9 Å². The number of methoxy groups -OCH3 is 1. The van der Waals surface area contributed by atoms with E-state index in [2.05, 4.69) is 16.3 Å². The van der Waals surface area contributed by atoms with Crippen molar-refractivity contribution >= 4 is 35.0 Å². The predicted molar refractivity (Wildman–Crippen MR) is 107 cm³/mol. The van der Waals surface area contributed by atoms with Crippen LogP contribution < -0.4 is 10.2 Å². The number of ether oxygens (including phenoxy) is 1. The minimum Gasteiger partial charge on any atom is -0.465 e. The normalized spacial score (nSPS) is 13.6. The highest BCUT2D eigenvalue weighted by molar-refractivity contribution is 6.33. The molecule has 0 radical (unpaired) electrons. The highest BCUT2D eigenvalue weighted by Gasteiger charge is 2.22. The number of carbonyl (C=O) groups is 2. The fourth-order valence-corrected chi connectivity index (χ4v) is 3.16. The average Bonchev–Trinajstić information content (AvgIpc) is 2.74. The summed E-state index contributed by atoms with van der Waals surface area (Å²) < 4.78 is 4.69. The van der Waals surface area contributed by atoms with Crippen LogP contribution in [0.15, 0.2) is 42.5 Å². The van der Waals surface area contributed by atoms with Gasteiger partial charge in [-0.15, -0.1) is 0 Å². The molecule has 1 heterocycles. The lowest BCUT2D eigenvalue weighted by molar-refractivity contribution is 0.0600. The zero-order chi connectivity index (χ0) is 20.1. The molecule has 0 bridgehead atoms. The van der Waals surface area contributed by atoms with Crippen molar-refractivity contribution in [2.75, 3.05) is 43.5 Å². The van der Waals surface area contributed by atoms with E-state index in [0.29, 0.717) is 48.0 Å². The summed E-state index contributed by atoms with van der Waals surface area (Å²) in [6.45, 7) is 2.35. The highest BCUT2D eigenvalue weighted by Crippen LogP contribution is 2.24. The van der Waals surface area contributed by atoms with Crippen LogP contribution in [0.1, 0.15) is 15.9 Å². The molecule has 0 aliphatic carbocycles. The molecule has 0 aromatic heterocycles. The highest BCUT2D eigenvalue weighted by atomic mass is 35.5. The second kappa shape index (κ2) is 8.63. The summed E-state index contributed by atoms with van der Waals surface area (Å²) in [5.74, 6) is -0.500. The number of urea groups is 1. The first-order valence-electron chi connectivity index (χ1n) is 8.70. The fraction of sp³-hybridized carbons (Fsp3) is 0.250. The van der Waals surface area contributed by atoms with Crippen molar-refractivity contribution in [3.63, 3.8) is 0 Å². The lowest BCUT2D eigenvalue weighted by Crippen LogP contribution is -2.50. The molecule has 1 aliphatic heterocycles. The Morgan fingerprint density at radius 3 is 2.57 bits per heavy atom. The van der Waals surface area contributed by atoms with E-state index in [9.17, 15) is 9.59 Å². The standard InChI is InChI=1S/C20H19ClN4O3/c1-28-19(26)15-5-6-17(21)18(12-15)23-20(27)25-9-7-24(8-10-25)16-4-2-3-14(11-16)13-22/h2-6,11-12H,7-10H2,1H3,(H,23,27). The Labute approximate surface area is 168 Å². The number of amides is 2. The molecular weight excluding hydrogens is 380 g/mol. The molecule has 1 fully saturated rings. The van der Waals surface area contributed by atoms with Crippen molar-refractivity contribution in [2.24, 2.45) is 0 Å². The molecule has 2 amide bonds. The molecule has 28 heavy (non-hydrogen) atoms. The first-order chi connectivity index (χ1) is 13.5. The molecule has 1 saturated heterocycles. The Morgan fingerprint density at radius 2 is 1.89 bits per heavy atom. The number of rotatable bonds is 3. The summed E-state index contributed by atoms with van der Waals surface area (Å²) in [7, 11) is 1.29. The lowest BCUT2D eigenvalue weighted by Gasteiger charge is -2.36. The molecular formula is C20H19ClN4O3. The van der Waals surface area contributed by atoms with E-state index in [0.717, 1.165) is 5.69 Å². The SMILES string of the molecule is COC(=O)c1ccc(Cl)c(NC(=O)N2CCN(c3cccc(C#N)c3)CC2)c1. The third-order valence-electron chi connectivity index (χ3n) is 4.54. The van der Waals surface area contributed by atoms with E-state index in [4.69, 9.17) is 21.6 Å². The van der Waals surface area contributed by atoms with Crippen molar-refractivity contribution in [1.82, 2.24) is 4.90 Å². The largest absolute Gasteiger partial charge is 0.465 e. The number of hydrogen-bond donors (Lipinski definition) is 1. The number of anilines is 2. The van der Waals surface area contributed by atoms with Gasteiger partial charge in [-0.05, 0) is 36.4 Å². The monoisotopic (exact) mass is 398 g/mol. The maximum atomic E-state index is 12.6. The minimum atomic E-state index is -0.500. The molecule has 0 spiro atoms. The van der Waals surface area contributed by atoms with Crippen molar-refractivity contribution in [3.8, 4) is 6.07 Å². The molecule has 0 atom stereocenters. The number of hydrogen-bond acceptors (Lipinski definition) is 5. The lowest BCUT2D eigenvalue weighted by atomic mass is 10.2. The Balaban J connectivity index is 1.63. The topological polar surface area (TPSA) is 85.7 Å². The van der Waals surface area contributed by atoms with Gasteiger partial charge in [0.25, 0.3) is 0 Å². The van der Waals surface area contributed by atoms with Crippen molar-refractivity contribution < 1.29 is 14.3 Å². The number of halogens is 1. The summed E-state index contributed by atoms with van der Waals surface area (Å²) in [6, 6.07) is 13.8. The van der Waals surface area contributed by atoms with Crippen LogP contribution in [-0.2, 0) is 4.74 Å². The zero-order valence-electron chi connectivity index (χ0n) is 15.3. The van der Waals surface area contributed by atoms with Gasteiger partial charge in [-0.1, -0.05) is 17.7 Å². The second-order valence-electron chi connectivity index (χ2n) is 6.25. The van der Waals surface area contributed by atoms with Crippen LogP contribution in [0, 0.1) is 11.3 Å². The predicted octanol–water partition coefficient (Wildman–Crippen LogP) is 3.35. The van der Waals surface area contributed by atoms with E-state index in [-0.39, 0.29) is 6.03 Å².